The van der Waals surface area contributed by atoms with Gasteiger partial charge >= 0.3 is 59.1 Å². The van der Waals surface area contributed by atoms with Crippen molar-refractivity contribution in [2.45, 2.75) is 4.90 Å². The minimum absolute atomic E-state index is 0. The van der Waals surface area contributed by atoms with Crippen LogP contribution in [0.2, 0.25) is 0 Å². The van der Waals surface area contributed by atoms with Crippen molar-refractivity contribution in [3.63, 3.8) is 0 Å². The topological polar surface area (TPSA) is 80.3 Å². The van der Waals surface area contributed by atoms with Gasteiger partial charge in [0.25, 0.3) is 0 Å². The summed E-state index contributed by atoms with van der Waals surface area (Å²) in [6.45, 7) is 0. The molecule has 0 aliphatic heterocycles. The van der Waals surface area contributed by atoms with Gasteiger partial charge in [0, 0.05) is 11.6 Å². The third-order valence-electron chi connectivity index (χ3n) is 1.42. The smallest absolute Gasteiger partial charge is 0.768 e. The summed E-state index contributed by atoms with van der Waals surface area (Å²) in [4.78, 5) is 9.32. The average molecular weight is 266 g/mol. The molecule has 0 bridgehead atoms. The van der Waals surface area contributed by atoms with Gasteiger partial charge in [-0.25, -0.2) is 8.78 Å². The second-order valence-corrected chi connectivity index (χ2v) is 3.19. The number of rotatable bonds is 2. The fourth-order valence-corrected chi connectivity index (χ4v) is 1.25. The largest absolute Gasteiger partial charge is 1.00 e. The Morgan fingerprint density at radius 1 is 1.19 bits per heavy atom. The molecule has 9 heteroatoms. The molecule has 76 valence electrons. The Balaban J connectivity index is 0. The molecule has 1 rings (SSSR count). The van der Waals surface area contributed by atoms with Crippen molar-refractivity contribution < 1.29 is 86.6 Å². The number of carbonyl (C=O) groups is 1. The molecular weight excluding hydrogens is 264 g/mol. The summed E-state index contributed by atoms with van der Waals surface area (Å²) < 4.78 is 46.0. The molecule has 1 unspecified atom stereocenters. The zero-order valence-electron chi connectivity index (χ0n) is 8.45. The maximum Gasteiger partial charge on any atom is 1.00 e. The maximum absolute atomic E-state index is 12.7. The monoisotopic (exact) mass is 266 g/mol. The molecule has 0 saturated heterocycles. The molecule has 1 aromatic carbocycles. The van der Waals surface area contributed by atoms with E-state index in [0.717, 1.165) is 0 Å². The van der Waals surface area contributed by atoms with Crippen molar-refractivity contribution in [2.24, 2.45) is 0 Å². The maximum atomic E-state index is 12.7. The molecule has 0 fully saturated rings. The molecule has 0 saturated carbocycles. The SMILES string of the molecule is O=C([O-])c1cc(S(=O)[O-])c(F)cc1F.[Na+].[Na+]. The number of carbonyl (C=O) groups excluding carboxylic acids is 1. The van der Waals surface area contributed by atoms with Crippen LogP contribution in [0.4, 0.5) is 8.78 Å². The van der Waals surface area contributed by atoms with Crippen molar-refractivity contribution in [1.82, 2.24) is 0 Å². The first-order chi connectivity index (χ1) is 6.43. The van der Waals surface area contributed by atoms with Gasteiger partial charge in [-0.2, -0.15) is 0 Å². The van der Waals surface area contributed by atoms with Crippen LogP contribution in [0.15, 0.2) is 17.0 Å². The summed E-state index contributed by atoms with van der Waals surface area (Å²) in [6.07, 6.45) is 0. The fraction of sp³-hybridized carbons (Fsp3) is 0. The van der Waals surface area contributed by atoms with Gasteiger partial charge in [0.1, 0.15) is 11.6 Å². The van der Waals surface area contributed by atoms with Crippen molar-refractivity contribution in [3.8, 4) is 0 Å². The van der Waals surface area contributed by atoms with Gasteiger partial charge in [-0.15, -0.1) is 0 Å². The molecule has 1 atom stereocenters. The minimum Gasteiger partial charge on any atom is -0.768 e. The predicted molar refractivity (Wildman–Crippen MR) is 37.9 cm³/mol. The van der Waals surface area contributed by atoms with E-state index in [-0.39, 0.29) is 65.2 Å². The number of carboxylic acids is 1. The average Bonchev–Trinajstić information content (AvgIpc) is 2.02. The summed E-state index contributed by atoms with van der Waals surface area (Å²) in [5.41, 5.74) is -0.995. The van der Waals surface area contributed by atoms with E-state index in [2.05, 4.69) is 0 Å². The molecule has 0 aliphatic carbocycles. The second-order valence-electron chi connectivity index (χ2n) is 2.28. The minimum atomic E-state index is -2.96. The number of halogens is 2. The molecule has 16 heavy (non-hydrogen) atoms. The van der Waals surface area contributed by atoms with E-state index < -0.39 is 39.1 Å². The number of benzene rings is 1. The van der Waals surface area contributed by atoms with Gasteiger partial charge in [0.15, 0.2) is 0 Å². The molecule has 0 heterocycles. The molecule has 4 nitrogen and oxygen atoms in total. The Labute approximate surface area is 136 Å². The van der Waals surface area contributed by atoms with Crippen LogP contribution in [0.5, 0.6) is 0 Å². The Morgan fingerprint density at radius 2 is 1.69 bits per heavy atom. The first-order valence-electron chi connectivity index (χ1n) is 3.23. The summed E-state index contributed by atoms with van der Waals surface area (Å²) in [7, 11) is 0. The van der Waals surface area contributed by atoms with Crippen LogP contribution in [0.1, 0.15) is 10.4 Å². The predicted octanol–water partition coefficient (Wildman–Crippen LogP) is -6.43. The van der Waals surface area contributed by atoms with Crippen molar-refractivity contribution in [1.29, 1.82) is 0 Å². The first kappa shape index (κ1) is 19.0. The molecule has 0 aromatic heterocycles. The Bertz CT molecular complexity index is 392. The third kappa shape index (κ3) is 4.50. The zero-order chi connectivity index (χ0) is 10.9. The fourth-order valence-electron chi connectivity index (χ4n) is 0.813. The quantitative estimate of drug-likeness (QED) is 0.394. The summed E-state index contributed by atoms with van der Waals surface area (Å²) >= 11 is -2.96. The van der Waals surface area contributed by atoms with Crippen LogP contribution in [-0.2, 0) is 11.1 Å². The number of carboxylic acid groups (broad SMARTS) is 1. The third-order valence-corrected chi connectivity index (χ3v) is 2.09. The van der Waals surface area contributed by atoms with E-state index in [9.17, 15) is 27.4 Å². The zero-order valence-corrected chi connectivity index (χ0v) is 13.3. The van der Waals surface area contributed by atoms with E-state index in [1.807, 2.05) is 0 Å². The van der Waals surface area contributed by atoms with Crippen LogP contribution < -0.4 is 64.2 Å². The number of aromatic carboxylic acids is 1. The van der Waals surface area contributed by atoms with Gasteiger partial charge < -0.3 is 14.5 Å². The van der Waals surface area contributed by atoms with E-state index in [1.54, 1.807) is 0 Å². The molecule has 0 spiro atoms. The summed E-state index contributed by atoms with van der Waals surface area (Å²) in [5.74, 6) is -4.63. The van der Waals surface area contributed by atoms with E-state index in [4.69, 9.17) is 0 Å². The molecule has 0 radical (unpaired) electrons. The normalized spacial score (nSPS) is 10.9. The molecule has 0 aliphatic rings. The Morgan fingerprint density at radius 3 is 2.06 bits per heavy atom. The summed E-state index contributed by atoms with van der Waals surface area (Å²) in [5, 5.41) is 10.2. The second kappa shape index (κ2) is 7.88. The van der Waals surface area contributed by atoms with E-state index >= 15 is 0 Å². The summed E-state index contributed by atoms with van der Waals surface area (Å²) in [6, 6.07) is 0.541. The van der Waals surface area contributed by atoms with Crippen LogP contribution in [0.25, 0.3) is 0 Å². The van der Waals surface area contributed by atoms with Crippen molar-refractivity contribution in [2.75, 3.05) is 0 Å². The molecule has 0 amide bonds. The molecule has 0 N–H and O–H groups in total. The molecular formula is C7H2F2Na2O4S. The van der Waals surface area contributed by atoms with Crippen LogP contribution in [0, 0.1) is 11.6 Å². The van der Waals surface area contributed by atoms with Crippen LogP contribution >= 0.6 is 0 Å². The Kier molecular flexibility index (Phi) is 9.37. The van der Waals surface area contributed by atoms with Gasteiger partial charge in [0.2, 0.25) is 0 Å². The van der Waals surface area contributed by atoms with Gasteiger partial charge in [-0.05, 0) is 17.1 Å². The number of hydrogen-bond acceptors (Lipinski definition) is 4. The van der Waals surface area contributed by atoms with Gasteiger partial charge in [0.05, 0.1) is 10.9 Å². The van der Waals surface area contributed by atoms with Gasteiger partial charge in [-0.3, -0.25) is 4.21 Å². The van der Waals surface area contributed by atoms with Crippen LogP contribution in [0.3, 0.4) is 0 Å². The van der Waals surface area contributed by atoms with E-state index in [1.165, 1.54) is 0 Å². The number of hydrogen-bond donors (Lipinski definition) is 0. The van der Waals surface area contributed by atoms with Crippen molar-refractivity contribution >= 4 is 17.0 Å². The molecule has 1 aromatic rings. The Hall–Kier alpha value is 0.660. The van der Waals surface area contributed by atoms with Gasteiger partial charge in [-0.1, -0.05) is 0 Å². The first-order valence-corrected chi connectivity index (χ1v) is 4.30. The van der Waals surface area contributed by atoms with Crippen LogP contribution in [-0.4, -0.2) is 14.7 Å². The van der Waals surface area contributed by atoms with E-state index in [0.29, 0.717) is 6.07 Å². The van der Waals surface area contributed by atoms with Crippen molar-refractivity contribution in [3.05, 3.63) is 29.3 Å². The standard InChI is InChI=1S/C7H4F2O4S.2Na/c8-4-2-5(9)6(14(12)13)1-3(4)7(10)11;;/h1-2H,(H,10,11)(H,12,13);;/q;2*+1/p-2.